The van der Waals surface area contributed by atoms with Gasteiger partial charge in [0.2, 0.25) is 20.6 Å². The third kappa shape index (κ3) is 4.32. The van der Waals surface area contributed by atoms with E-state index in [0.717, 1.165) is 6.07 Å². The fraction of sp³-hybridized carbons (Fsp3) is 0.565. The van der Waals surface area contributed by atoms with Gasteiger partial charge in [0, 0.05) is 6.54 Å². The zero-order chi connectivity index (χ0) is 30.2. The molecule has 1 saturated heterocycles. The van der Waals surface area contributed by atoms with E-state index in [4.69, 9.17) is 0 Å². The van der Waals surface area contributed by atoms with Gasteiger partial charge >= 0.3 is 12.4 Å². The van der Waals surface area contributed by atoms with Gasteiger partial charge in [-0.05, 0) is 68.9 Å². The van der Waals surface area contributed by atoms with Crippen LogP contribution in [0.15, 0.2) is 23.1 Å². The Morgan fingerprint density at radius 3 is 2.22 bits per heavy atom. The molecule has 2 saturated carbocycles. The lowest BCUT2D eigenvalue weighted by atomic mass is 10.0. The molecule has 2 amide bonds. The second kappa shape index (κ2) is 8.87. The number of carbonyl (C=O) groups is 2. The highest BCUT2D eigenvalue weighted by molar-refractivity contribution is 7.93. The Hall–Kier alpha value is -3.75. The van der Waals surface area contributed by atoms with E-state index in [2.05, 4.69) is 20.7 Å². The third-order valence-corrected chi connectivity index (χ3v) is 10.1. The van der Waals surface area contributed by atoms with E-state index >= 15 is 0 Å². The van der Waals surface area contributed by atoms with Crippen LogP contribution in [0.3, 0.4) is 0 Å². The molecule has 18 heteroatoms. The molecule has 5 rings (SSSR count). The molecule has 220 valence electrons. The van der Waals surface area contributed by atoms with E-state index in [1.165, 1.54) is 6.92 Å². The van der Waals surface area contributed by atoms with Crippen molar-refractivity contribution in [2.24, 2.45) is 5.41 Å². The van der Waals surface area contributed by atoms with E-state index in [1.807, 2.05) is 0 Å². The van der Waals surface area contributed by atoms with Crippen molar-refractivity contribution in [3.05, 3.63) is 29.6 Å². The van der Waals surface area contributed by atoms with Crippen LogP contribution < -0.4 is 5.32 Å². The fourth-order valence-corrected chi connectivity index (χ4v) is 7.32. The number of carbonyl (C=O) groups excluding carboxylic acids is 2. The molecule has 11 nitrogen and oxygen atoms in total. The Morgan fingerprint density at radius 2 is 1.73 bits per heavy atom. The van der Waals surface area contributed by atoms with Crippen LogP contribution in [0.5, 0.6) is 0 Å². The third-order valence-electron chi connectivity index (χ3n) is 7.70. The molecule has 1 unspecified atom stereocenters. The number of rotatable bonds is 6. The van der Waals surface area contributed by atoms with E-state index in [9.17, 15) is 49.6 Å². The SMILES string of the molecule is Cc1nnn(-c2ccc(S(=O)(=O)C3(C(=O)NC4(C#N)CC4)CCCN3C(=O)C3(C(F)(F)F)CC3)c(C(F)(F)F)c2)n1. The molecule has 1 aliphatic heterocycles. The topological polar surface area (TPSA) is 151 Å². The number of benzene rings is 1. The van der Waals surface area contributed by atoms with Crippen LogP contribution in [0.4, 0.5) is 26.3 Å². The first kappa shape index (κ1) is 28.8. The highest BCUT2D eigenvalue weighted by atomic mass is 32.2. The summed E-state index contributed by atoms with van der Waals surface area (Å²) >= 11 is 0. The summed E-state index contributed by atoms with van der Waals surface area (Å²) < 4.78 is 113. The van der Waals surface area contributed by atoms with Gasteiger partial charge in [-0.1, -0.05) is 0 Å². The smallest absolute Gasteiger partial charge is 0.335 e. The molecule has 1 N–H and O–H groups in total. The molecular formula is C23H21F6N7O4S. The molecule has 2 aliphatic carbocycles. The number of hydrogen-bond acceptors (Lipinski definition) is 8. The molecule has 0 spiro atoms. The maximum Gasteiger partial charge on any atom is 0.417 e. The number of sulfone groups is 1. The predicted octanol–water partition coefficient (Wildman–Crippen LogP) is 2.60. The quantitative estimate of drug-likeness (QED) is 0.494. The van der Waals surface area contributed by atoms with Crippen molar-refractivity contribution >= 4 is 21.7 Å². The van der Waals surface area contributed by atoms with Crippen molar-refractivity contribution < 1.29 is 44.3 Å². The highest BCUT2D eigenvalue weighted by Crippen LogP contribution is 2.60. The van der Waals surface area contributed by atoms with Crippen LogP contribution in [0.25, 0.3) is 5.69 Å². The molecular weight excluding hydrogens is 584 g/mol. The van der Waals surface area contributed by atoms with Crippen molar-refractivity contribution in [2.75, 3.05) is 6.54 Å². The van der Waals surface area contributed by atoms with Gasteiger partial charge in [0.15, 0.2) is 5.82 Å². The Balaban J connectivity index is 1.70. The number of amides is 2. The van der Waals surface area contributed by atoms with Crippen LogP contribution >= 0.6 is 0 Å². The Kier molecular flexibility index (Phi) is 6.23. The van der Waals surface area contributed by atoms with Crippen molar-refractivity contribution in [1.82, 2.24) is 30.4 Å². The molecule has 0 radical (unpaired) electrons. The fourth-order valence-electron chi connectivity index (χ4n) is 5.08. The van der Waals surface area contributed by atoms with Gasteiger partial charge < -0.3 is 10.2 Å². The molecule has 0 bridgehead atoms. The number of aromatic nitrogens is 4. The van der Waals surface area contributed by atoms with Crippen molar-refractivity contribution in [3.63, 3.8) is 0 Å². The summed E-state index contributed by atoms with van der Waals surface area (Å²) in [6.45, 7) is 0.771. The lowest BCUT2D eigenvalue weighted by molar-refractivity contribution is -0.200. The van der Waals surface area contributed by atoms with Gasteiger partial charge in [0.25, 0.3) is 5.91 Å². The van der Waals surface area contributed by atoms with E-state index in [-0.39, 0.29) is 35.7 Å². The predicted molar refractivity (Wildman–Crippen MR) is 123 cm³/mol. The van der Waals surface area contributed by atoms with Crippen LogP contribution in [0.2, 0.25) is 0 Å². The van der Waals surface area contributed by atoms with Crippen molar-refractivity contribution in [1.29, 1.82) is 5.26 Å². The van der Waals surface area contributed by atoms with E-state index < -0.39 is 86.1 Å². The number of alkyl halides is 6. The van der Waals surface area contributed by atoms with Crippen molar-refractivity contribution in [3.8, 4) is 11.8 Å². The summed E-state index contributed by atoms with van der Waals surface area (Å²) in [7, 11) is -5.60. The minimum Gasteiger partial charge on any atom is -0.335 e. The number of tetrazole rings is 1. The number of nitrogens with one attached hydrogen (secondary N) is 1. The number of hydrogen-bond donors (Lipinski definition) is 1. The minimum absolute atomic E-state index is 0.0820. The van der Waals surface area contributed by atoms with Gasteiger partial charge in [-0.3, -0.25) is 9.59 Å². The summed E-state index contributed by atoms with van der Waals surface area (Å²) in [5.74, 6) is -3.15. The summed E-state index contributed by atoms with van der Waals surface area (Å²) in [4.78, 5) is 23.5. The molecule has 1 aromatic heterocycles. The Morgan fingerprint density at radius 1 is 1.07 bits per heavy atom. The van der Waals surface area contributed by atoms with Crippen LogP contribution in [0.1, 0.15) is 49.9 Å². The molecule has 1 aromatic carbocycles. The lowest BCUT2D eigenvalue weighted by Gasteiger charge is -2.39. The first-order valence-corrected chi connectivity index (χ1v) is 13.8. The second-order valence-corrected chi connectivity index (χ2v) is 12.5. The first-order chi connectivity index (χ1) is 18.9. The van der Waals surface area contributed by atoms with Gasteiger partial charge in [0.05, 0.1) is 22.2 Å². The largest absolute Gasteiger partial charge is 0.417 e. The maximum atomic E-state index is 14.3. The van der Waals surface area contributed by atoms with Crippen LogP contribution in [0, 0.1) is 23.7 Å². The van der Waals surface area contributed by atoms with Gasteiger partial charge in [-0.15, -0.1) is 15.0 Å². The minimum atomic E-state index is -5.60. The number of likely N-dealkylation sites (tertiary alicyclic amines) is 1. The summed E-state index contributed by atoms with van der Waals surface area (Å²) in [5.41, 5.74) is -6.61. The second-order valence-electron chi connectivity index (χ2n) is 10.4. The number of nitriles is 1. The molecule has 3 fully saturated rings. The van der Waals surface area contributed by atoms with E-state index in [0.29, 0.717) is 16.9 Å². The monoisotopic (exact) mass is 605 g/mol. The maximum absolute atomic E-state index is 14.3. The molecule has 41 heavy (non-hydrogen) atoms. The van der Waals surface area contributed by atoms with Gasteiger partial charge in [-0.25, -0.2) is 8.42 Å². The zero-order valence-corrected chi connectivity index (χ0v) is 22.0. The van der Waals surface area contributed by atoms with E-state index in [1.54, 1.807) is 6.07 Å². The number of halogens is 6. The number of nitrogens with zero attached hydrogens (tertiary/aromatic N) is 6. The molecule has 2 heterocycles. The average molecular weight is 606 g/mol. The molecule has 1 atom stereocenters. The van der Waals surface area contributed by atoms with Gasteiger partial charge in [-0.2, -0.15) is 31.6 Å². The highest BCUT2D eigenvalue weighted by Gasteiger charge is 2.73. The van der Waals surface area contributed by atoms with Crippen molar-refractivity contribution in [2.45, 2.75) is 73.1 Å². The average Bonchev–Trinajstić information content (AvgIpc) is 3.77. The van der Waals surface area contributed by atoms with Crippen LogP contribution in [-0.2, 0) is 25.6 Å². The number of aryl methyl sites for hydroxylation is 1. The first-order valence-electron chi connectivity index (χ1n) is 12.3. The zero-order valence-electron chi connectivity index (χ0n) is 21.2. The summed E-state index contributed by atoms with van der Waals surface area (Å²) in [6, 6.07) is 3.62. The lowest BCUT2D eigenvalue weighted by Crippen LogP contribution is -2.65. The van der Waals surface area contributed by atoms with Gasteiger partial charge in [0.1, 0.15) is 11.0 Å². The standard InChI is InChI=1S/C23H21F6N7O4S/c1-13-32-34-36(33-13)14-3-4-16(15(11-14)22(24,25)26)41(39,40)21(17(37)31-19(12-30)6-7-19)5-2-10-35(21)18(38)20(8-9-20)23(27,28)29/h3-4,11H,2,5-10H2,1H3,(H,31,37). The molecule has 2 aromatic rings. The normalized spacial score (nSPS) is 23.1. The summed E-state index contributed by atoms with van der Waals surface area (Å²) in [6.07, 6.45) is -12.7. The van der Waals surface area contributed by atoms with Crippen LogP contribution in [-0.4, -0.2) is 68.5 Å². The Bertz CT molecular complexity index is 1590. The molecule has 3 aliphatic rings. The Labute approximate surface area is 228 Å². The summed E-state index contributed by atoms with van der Waals surface area (Å²) in [5, 5.41) is 22.6.